The lowest BCUT2D eigenvalue weighted by molar-refractivity contribution is -0.0498. The Balaban J connectivity index is 1.61. The number of anilines is 2. The molecule has 0 saturated heterocycles. The number of allylic oxidation sites excluding steroid dienone is 1. The number of amides is 2. The summed E-state index contributed by atoms with van der Waals surface area (Å²) in [6.45, 7) is -2.38. The number of benzene rings is 2. The fourth-order valence-electron chi connectivity index (χ4n) is 2.45. The number of halogens is 3. The van der Waals surface area contributed by atoms with Gasteiger partial charge in [-0.1, -0.05) is 18.2 Å². The number of hydrogen-bond donors (Lipinski definition) is 2. The average molecular weight is 392 g/mol. The Morgan fingerprint density at radius 1 is 1.15 bits per heavy atom. The highest BCUT2D eigenvalue weighted by molar-refractivity contribution is 6.23. The van der Waals surface area contributed by atoms with Gasteiger partial charge in [-0.25, -0.2) is 4.79 Å². The number of alkyl halides is 3. The van der Waals surface area contributed by atoms with Gasteiger partial charge < -0.3 is 15.4 Å². The van der Waals surface area contributed by atoms with Crippen LogP contribution in [0.5, 0.6) is 5.75 Å². The van der Waals surface area contributed by atoms with Crippen LogP contribution < -0.4 is 15.4 Å². The molecule has 0 fully saturated rings. The molecule has 1 unspecified atom stereocenters. The van der Waals surface area contributed by atoms with Crippen molar-refractivity contribution in [2.75, 3.05) is 17.2 Å². The monoisotopic (exact) mass is 391 g/mol. The summed E-state index contributed by atoms with van der Waals surface area (Å²) >= 11 is 5.98. The summed E-state index contributed by atoms with van der Waals surface area (Å²) in [5.74, 6) is 0.0177. The largest absolute Gasteiger partial charge is 0.435 e. The summed E-state index contributed by atoms with van der Waals surface area (Å²) in [7, 11) is 0. The van der Waals surface area contributed by atoms with Crippen molar-refractivity contribution < 1.29 is 18.3 Å². The van der Waals surface area contributed by atoms with Crippen LogP contribution in [0.3, 0.4) is 0 Å². The molecule has 8 heteroatoms. The van der Waals surface area contributed by atoms with Gasteiger partial charge in [0, 0.05) is 16.9 Å². The minimum Gasteiger partial charge on any atom is -0.435 e. The summed E-state index contributed by atoms with van der Waals surface area (Å²) < 4.78 is 28.5. The van der Waals surface area contributed by atoms with Crippen LogP contribution in [0.25, 0.3) is 0 Å². The number of nitrogens with one attached hydrogen (secondary N) is 2. The first kappa shape index (κ1) is 18.8. The smallest absolute Gasteiger partial charge is 0.387 e. The fraction of sp³-hybridized carbons (Fsp3) is 0.158. The molecule has 2 N–H and O–H groups in total. The van der Waals surface area contributed by atoms with E-state index in [0.29, 0.717) is 17.9 Å². The van der Waals surface area contributed by atoms with Gasteiger partial charge >= 0.3 is 12.6 Å². The third-order valence-electron chi connectivity index (χ3n) is 3.65. The van der Waals surface area contributed by atoms with Crippen LogP contribution in [0.1, 0.15) is 5.56 Å². The molecule has 2 aromatic carbocycles. The zero-order chi connectivity index (χ0) is 19.2. The van der Waals surface area contributed by atoms with E-state index >= 15 is 0 Å². The molecule has 1 heterocycles. The van der Waals surface area contributed by atoms with Gasteiger partial charge in [-0.3, -0.25) is 4.99 Å². The van der Waals surface area contributed by atoms with Crippen molar-refractivity contribution >= 4 is 34.7 Å². The summed E-state index contributed by atoms with van der Waals surface area (Å²) in [6, 6.07) is 12.4. The third-order valence-corrected chi connectivity index (χ3v) is 3.94. The Kier molecular flexibility index (Phi) is 6.03. The number of carbonyl (C=O) groups excluding carboxylic acids is 1. The predicted octanol–water partition coefficient (Wildman–Crippen LogP) is 4.90. The molecule has 0 aromatic heterocycles. The minimum atomic E-state index is -2.89. The van der Waals surface area contributed by atoms with Gasteiger partial charge in [-0.05, 0) is 42.5 Å². The number of nitrogens with zero attached hydrogens (tertiary/aromatic N) is 1. The van der Waals surface area contributed by atoms with E-state index in [2.05, 4.69) is 20.4 Å². The first-order chi connectivity index (χ1) is 13.0. The summed E-state index contributed by atoms with van der Waals surface area (Å²) in [4.78, 5) is 16.5. The van der Waals surface area contributed by atoms with E-state index in [-0.39, 0.29) is 11.1 Å². The Morgan fingerprint density at radius 2 is 1.89 bits per heavy atom. The van der Waals surface area contributed by atoms with Crippen molar-refractivity contribution in [3.05, 3.63) is 66.2 Å². The van der Waals surface area contributed by atoms with Gasteiger partial charge in [0.2, 0.25) is 0 Å². The zero-order valence-corrected chi connectivity index (χ0v) is 14.8. The lowest BCUT2D eigenvalue weighted by atomic mass is 10.1. The lowest BCUT2D eigenvalue weighted by Crippen LogP contribution is -2.19. The number of aliphatic imine (C=N–C) groups is 1. The SMILES string of the molecule is O=C(Nc1ccc(OC(F)F)cc1)Nc1cccc(C2=NCC(Cl)C=C2)c1. The second-order valence-electron chi connectivity index (χ2n) is 5.66. The number of urea groups is 1. The molecule has 27 heavy (non-hydrogen) atoms. The molecular formula is C19H16ClF2N3O2. The van der Waals surface area contributed by atoms with Crippen molar-refractivity contribution in [2.45, 2.75) is 12.0 Å². The summed E-state index contributed by atoms with van der Waals surface area (Å²) in [6.07, 6.45) is 3.72. The van der Waals surface area contributed by atoms with Gasteiger partial charge in [0.25, 0.3) is 0 Å². The lowest BCUT2D eigenvalue weighted by Gasteiger charge is -2.12. The van der Waals surface area contributed by atoms with E-state index in [4.69, 9.17) is 11.6 Å². The highest BCUT2D eigenvalue weighted by Gasteiger charge is 2.10. The van der Waals surface area contributed by atoms with Crippen molar-refractivity contribution in [3.8, 4) is 5.75 Å². The Labute approximate surface area is 159 Å². The topological polar surface area (TPSA) is 62.7 Å². The molecule has 1 aliphatic heterocycles. The third kappa shape index (κ3) is 5.52. The molecule has 2 aromatic rings. The Hall–Kier alpha value is -2.93. The van der Waals surface area contributed by atoms with Crippen LogP contribution in [-0.2, 0) is 0 Å². The summed E-state index contributed by atoms with van der Waals surface area (Å²) in [5, 5.41) is 5.24. The van der Waals surface area contributed by atoms with E-state index in [9.17, 15) is 13.6 Å². The van der Waals surface area contributed by atoms with Gasteiger partial charge in [0.15, 0.2) is 0 Å². The molecule has 2 amide bonds. The average Bonchev–Trinajstić information content (AvgIpc) is 2.64. The van der Waals surface area contributed by atoms with Crippen molar-refractivity contribution in [3.63, 3.8) is 0 Å². The van der Waals surface area contributed by atoms with Crippen LogP contribution in [0.2, 0.25) is 0 Å². The van der Waals surface area contributed by atoms with Crippen molar-refractivity contribution in [1.82, 2.24) is 0 Å². The minimum absolute atomic E-state index is 0.0177. The quantitative estimate of drug-likeness (QED) is 0.712. The maximum absolute atomic E-state index is 12.1. The number of ether oxygens (including phenoxy) is 1. The second kappa shape index (κ2) is 8.64. The van der Waals surface area contributed by atoms with Gasteiger partial charge in [0.1, 0.15) is 5.75 Å². The van der Waals surface area contributed by atoms with E-state index < -0.39 is 12.6 Å². The van der Waals surface area contributed by atoms with Crippen LogP contribution in [0.15, 0.2) is 65.7 Å². The molecule has 0 spiro atoms. The highest BCUT2D eigenvalue weighted by atomic mass is 35.5. The first-order valence-corrected chi connectivity index (χ1v) is 8.53. The normalized spacial score (nSPS) is 16.0. The number of hydrogen-bond acceptors (Lipinski definition) is 3. The van der Waals surface area contributed by atoms with Crippen molar-refractivity contribution in [1.29, 1.82) is 0 Å². The molecule has 5 nitrogen and oxygen atoms in total. The maximum atomic E-state index is 12.1. The molecule has 140 valence electrons. The van der Waals surface area contributed by atoms with Crippen LogP contribution >= 0.6 is 11.6 Å². The second-order valence-corrected chi connectivity index (χ2v) is 6.22. The maximum Gasteiger partial charge on any atom is 0.387 e. The Bertz CT molecular complexity index is 870. The molecule has 1 atom stereocenters. The standard InChI is InChI=1S/C19H16ClF2N3O2/c20-13-4-9-17(23-11-13)12-2-1-3-15(10-12)25-19(26)24-14-5-7-16(8-6-14)27-18(21)22/h1-10,13,18H,11H2,(H2,24,25,26). The Morgan fingerprint density at radius 3 is 2.56 bits per heavy atom. The number of carbonyl (C=O) groups is 1. The number of dihydropyridines is 1. The summed E-state index contributed by atoms with van der Waals surface area (Å²) in [5.41, 5.74) is 2.69. The van der Waals surface area contributed by atoms with Gasteiger partial charge in [-0.15, -0.1) is 11.6 Å². The molecule has 0 saturated carbocycles. The van der Waals surface area contributed by atoms with Gasteiger partial charge in [-0.2, -0.15) is 8.78 Å². The molecule has 0 aliphatic carbocycles. The van der Waals surface area contributed by atoms with E-state index in [0.717, 1.165) is 11.3 Å². The number of rotatable bonds is 5. The highest BCUT2D eigenvalue weighted by Crippen LogP contribution is 2.19. The van der Waals surface area contributed by atoms with Crippen LogP contribution in [-0.4, -0.2) is 30.3 Å². The van der Waals surface area contributed by atoms with E-state index in [1.54, 1.807) is 12.1 Å². The van der Waals surface area contributed by atoms with Crippen LogP contribution in [0.4, 0.5) is 25.0 Å². The molecule has 1 aliphatic rings. The molecular weight excluding hydrogens is 376 g/mol. The predicted molar refractivity (Wildman–Crippen MR) is 102 cm³/mol. The van der Waals surface area contributed by atoms with E-state index in [1.165, 1.54) is 24.3 Å². The zero-order valence-electron chi connectivity index (χ0n) is 14.0. The molecule has 3 rings (SSSR count). The molecule has 0 bridgehead atoms. The van der Waals surface area contributed by atoms with Crippen LogP contribution in [0, 0.1) is 0 Å². The first-order valence-electron chi connectivity index (χ1n) is 8.09. The fourth-order valence-corrected chi connectivity index (χ4v) is 2.59. The van der Waals surface area contributed by atoms with Gasteiger partial charge in [0.05, 0.1) is 17.6 Å². The van der Waals surface area contributed by atoms with Crippen molar-refractivity contribution in [2.24, 2.45) is 4.99 Å². The van der Waals surface area contributed by atoms with E-state index in [1.807, 2.05) is 24.3 Å². The molecule has 0 radical (unpaired) electrons.